The number of nitrogens with two attached hydrogens (primary N) is 1. The second kappa shape index (κ2) is 7.68. The Morgan fingerprint density at radius 3 is 2.60 bits per heavy atom. The SMILES string of the molecule is Nc1nc(-c2cccc(O)c2)nc(N2CCN(Cc3ccc4c(c3)OCO4)CC2)n1. The van der Waals surface area contributed by atoms with Gasteiger partial charge in [-0.05, 0) is 29.8 Å². The zero-order chi connectivity index (χ0) is 20.5. The summed E-state index contributed by atoms with van der Waals surface area (Å²) < 4.78 is 10.8. The van der Waals surface area contributed by atoms with E-state index in [-0.39, 0.29) is 18.5 Å². The first-order valence-electron chi connectivity index (χ1n) is 9.81. The summed E-state index contributed by atoms with van der Waals surface area (Å²) in [4.78, 5) is 17.6. The van der Waals surface area contributed by atoms with Gasteiger partial charge in [-0.1, -0.05) is 18.2 Å². The van der Waals surface area contributed by atoms with Crippen LogP contribution in [-0.2, 0) is 6.54 Å². The van der Waals surface area contributed by atoms with Crippen LogP contribution in [0.15, 0.2) is 42.5 Å². The third-order valence-electron chi connectivity index (χ3n) is 5.24. The maximum absolute atomic E-state index is 9.73. The molecule has 9 heteroatoms. The summed E-state index contributed by atoms with van der Waals surface area (Å²) in [5, 5.41) is 9.73. The van der Waals surface area contributed by atoms with Crippen LogP contribution in [0.25, 0.3) is 11.4 Å². The number of nitrogens with zero attached hydrogens (tertiary/aromatic N) is 5. The molecule has 0 unspecified atom stereocenters. The molecule has 2 aliphatic rings. The number of aromatic hydroxyl groups is 1. The molecule has 2 aliphatic heterocycles. The zero-order valence-electron chi connectivity index (χ0n) is 16.4. The molecule has 154 valence electrons. The lowest BCUT2D eigenvalue weighted by Gasteiger charge is -2.34. The van der Waals surface area contributed by atoms with Gasteiger partial charge < -0.3 is 25.2 Å². The van der Waals surface area contributed by atoms with Crippen molar-refractivity contribution >= 4 is 11.9 Å². The van der Waals surface area contributed by atoms with Gasteiger partial charge in [0.15, 0.2) is 17.3 Å². The van der Waals surface area contributed by atoms with E-state index in [1.165, 1.54) is 5.56 Å². The van der Waals surface area contributed by atoms with Crippen LogP contribution < -0.4 is 20.1 Å². The van der Waals surface area contributed by atoms with Gasteiger partial charge in [0.25, 0.3) is 0 Å². The van der Waals surface area contributed by atoms with Crippen LogP contribution in [0.3, 0.4) is 0 Å². The van der Waals surface area contributed by atoms with E-state index in [0.717, 1.165) is 44.2 Å². The lowest BCUT2D eigenvalue weighted by molar-refractivity contribution is 0.174. The van der Waals surface area contributed by atoms with Gasteiger partial charge >= 0.3 is 0 Å². The van der Waals surface area contributed by atoms with Crippen molar-refractivity contribution in [1.82, 2.24) is 19.9 Å². The molecule has 30 heavy (non-hydrogen) atoms. The fourth-order valence-electron chi connectivity index (χ4n) is 3.70. The van der Waals surface area contributed by atoms with E-state index in [0.29, 0.717) is 17.3 Å². The van der Waals surface area contributed by atoms with Crippen molar-refractivity contribution in [3.8, 4) is 28.6 Å². The third-order valence-corrected chi connectivity index (χ3v) is 5.24. The Balaban J connectivity index is 1.26. The third kappa shape index (κ3) is 3.79. The van der Waals surface area contributed by atoms with E-state index in [1.807, 2.05) is 18.2 Å². The quantitative estimate of drug-likeness (QED) is 0.671. The number of phenolic OH excluding ortho intramolecular Hbond substituents is 1. The molecule has 0 radical (unpaired) electrons. The number of piperazine rings is 1. The lowest BCUT2D eigenvalue weighted by atomic mass is 10.1. The number of benzene rings is 2. The molecule has 0 atom stereocenters. The standard InChI is InChI=1S/C21H22N6O3/c22-20-23-19(15-2-1-3-16(28)11-15)24-21(25-20)27-8-6-26(7-9-27)12-14-4-5-17-18(10-14)30-13-29-17/h1-5,10-11,28H,6-9,12-13H2,(H2,22,23,24,25). The number of aromatic nitrogens is 3. The van der Waals surface area contributed by atoms with Gasteiger partial charge in [0.2, 0.25) is 18.7 Å². The number of phenols is 1. The topological polar surface area (TPSA) is 110 Å². The molecule has 0 amide bonds. The summed E-state index contributed by atoms with van der Waals surface area (Å²) in [6, 6.07) is 12.9. The Labute approximate surface area is 173 Å². The monoisotopic (exact) mass is 406 g/mol. The number of hydrogen-bond acceptors (Lipinski definition) is 9. The highest BCUT2D eigenvalue weighted by Gasteiger charge is 2.21. The molecule has 3 N–H and O–H groups in total. The first-order valence-corrected chi connectivity index (χ1v) is 9.81. The van der Waals surface area contributed by atoms with E-state index in [2.05, 4.69) is 30.8 Å². The molecule has 9 nitrogen and oxygen atoms in total. The van der Waals surface area contributed by atoms with Gasteiger partial charge in [0, 0.05) is 38.3 Å². The maximum Gasteiger partial charge on any atom is 0.231 e. The highest BCUT2D eigenvalue weighted by Crippen LogP contribution is 2.33. The second-order valence-corrected chi connectivity index (χ2v) is 7.32. The summed E-state index contributed by atoms with van der Waals surface area (Å²) in [7, 11) is 0. The minimum atomic E-state index is 0.158. The maximum atomic E-state index is 9.73. The largest absolute Gasteiger partial charge is 0.508 e. The van der Waals surface area contributed by atoms with Crippen LogP contribution in [0, 0.1) is 0 Å². The highest BCUT2D eigenvalue weighted by atomic mass is 16.7. The van der Waals surface area contributed by atoms with Gasteiger partial charge in [0.1, 0.15) is 5.75 Å². The van der Waals surface area contributed by atoms with E-state index in [1.54, 1.807) is 18.2 Å². The molecule has 0 saturated carbocycles. The highest BCUT2D eigenvalue weighted by molar-refractivity contribution is 5.59. The van der Waals surface area contributed by atoms with Crippen molar-refractivity contribution in [2.75, 3.05) is 43.6 Å². The van der Waals surface area contributed by atoms with E-state index < -0.39 is 0 Å². The van der Waals surface area contributed by atoms with Crippen molar-refractivity contribution in [2.45, 2.75) is 6.54 Å². The predicted octanol–water partition coefficient (Wildman–Crippen LogP) is 1.88. The number of ether oxygens (including phenoxy) is 2. The zero-order valence-corrected chi connectivity index (χ0v) is 16.4. The number of fused-ring (bicyclic) bond motifs is 1. The van der Waals surface area contributed by atoms with Crippen molar-refractivity contribution in [3.63, 3.8) is 0 Å². The number of anilines is 2. The summed E-state index contributed by atoms with van der Waals surface area (Å²) >= 11 is 0. The van der Waals surface area contributed by atoms with Gasteiger partial charge in [-0.3, -0.25) is 4.90 Å². The molecule has 3 aromatic rings. The van der Waals surface area contributed by atoms with Gasteiger partial charge in [0.05, 0.1) is 0 Å². The van der Waals surface area contributed by atoms with Crippen molar-refractivity contribution in [1.29, 1.82) is 0 Å². The molecular formula is C21H22N6O3. The number of hydrogen-bond donors (Lipinski definition) is 2. The average molecular weight is 406 g/mol. The molecule has 0 aliphatic carbocycles. The number of nitrogen functional groups attached to an aromatic ring is 1. The summed E-state index contributed by atoms with van der Waals surface area (Å²) in [6.07, 6.45) is 0. The fourth-order valence-corrected chi connectivity index (χ4v) is 3.70. The molecule has 2 aromatic carbocycles. The first-order chi connectivity index (χ1) is 14.6. The van der Waals surface area contributed by atoms with Crippen LogP contribution >= 0.6 is 0 Å². The summed E-state index contributed by atoms with van der Waals surface area (Å²) in [6.45, 7) is 4.46. The average Bonchev–Trinajstić information content (AvgIpc) is 3.22. The summed E-state index contributed by atoms with van der Waals surface area (Å²) in [5.74, 6) is 2.95. The Bertz CT molecular complexity index is 1070. The van der Waals surface area contributed by atoms with Crippen molar-refractivity contribution in [2.24, 2.45) is 0 Å². The molecule has 0 bridgehead atoms. The van der Waals surface area contributed by atoms with E-state index in [4.69, 9.17) is 15.2 Å². The van der Waals surface area contributed by atoms with E-state index in [9.17, 15) is 5.11 Å². The van der Waals surface area contributed by atoms with Gasteiger partial charge in [-0.15, -0.1) is 0 Å². The summed E-state index contributed by atoms with van der Waals surface area (Å²) in [5.41, 5.74) is 7.83. The van der Waals surface area contributed by atoms with Crippen LogP contribution in [0.4, 0.5) is 11.9 Å². The van der Waals surface area contributed by atoms with Crippen LogP contribution in [-0.4, -0.2) is 57.9 Å². The Morgan fingerprint density at radius 2 is 1.77 bits per heavy atom. The molecule has 3 heterocycles. The minimum Gasteiger partial charge on any atom is -0.508 e. The normalized spacial score (nSPS) is 16.1. The van der Waals surface area contributed by atoms with Crippen LogP contribution in [0.5, 0.6) is 17.2 Å². The van der Waals surface area contributed by atoms with Crippen molar-refractivity contribution < 1.29 is 14.6 Å². The minimum absolute atomic E-state index is 0.158. The lowest BCUT2D eigenvalue weighted by Crippen LogP contribution is -2.46. The second-order valence-electron chi connectivity index (χ2n) is 7.32. The van der Waals surface area contributed by atoms with Gasteiger partial charge in [-0.2, -0.15) is 15.0 Å². The molecule has 5 rings (SSSR count). The van der Waals surface area contributed by atoms with Crippen LogP contribution in [0.1, 0.15) is 5.56 Å². The fraction of sp³-hybridized carbons (Fsp3) is 0.286. The van der Waals surface area contributed by atoms with Crippen LogP contribution in [0.2, 0.25) is 0 Å². The first kappa shape index (κ1) is 18.4. The Hall–Kier alpha value is -3.59. The molecule has 1 aromatic heterocycles. The van der Waals surface area contributed by atoms with Crippen molar-refractivity contribution in [3.05, 3.63) is 48.0 Å². The molecule has 0 spiro atoms. The van der Waals surface area contributed by atoms with Gasteiger partial charge in [-0.25, -0.2) is 0 Å². The number of rotatable bonds is 4. The Kier molecular flexibility index (Phi) is 4.72. The smallest absolute Gasteiger partial charge is 0.231 e. The molecular weight excluding hydrogens is 384 g/mol. The van der Waals surface area contributed by atoms with E-state index >= 15 is 0 Å². The molecule has 1 saturated heterocycles. The predicted molar refractivity (Wildman–Crippen MR) is 111 cm³/mol. The Morgan fingerprint density at radius 1 is 0.933 bits per heavy atom. The molecule has 1 fully saturated rings.